The fourth-order valence-corrected chi connectivity index (χ4v) is 2.00. The van der Waals surface area contributed by atoms with Crippen LogP contribution < -0.4 is 4.74 Å². The van der Waals surface area contributed by atoms with E-state index in [2.05, 4.69) is 25.1 Å². The lowest BCUT2D eigenvalue weighted by molar-refractivity contribution is 0.446. The first kappa shape index (κ1) is 10.3. The summed E-state index contributed by atoms with van der Waals surface area (Å²) in [5.74, 6) is 1.54. The maximum absolute atomic E-state index is 5.47. The van der Waals surface area contributed by atoms with Gasteiger partial charge >= 0.3 is 0 Å². The SMILES string of the molecule is [CH2]CCCCC1C=COc2ccccc21. The second-order valence-electron chi connectivity index (χ2n) is 3.94. The van der Waals surface area contributed by atoms with Crippen LogP contribution in [0.3, 0.4) is 0 Å². The van der Waals surface area contributed by atoms with Gasteiger partial charge in [-0.25, -0.2) is 0 Å². The van der Waals surface area contributed by atoms with Crippen molar-refractivity contribution in [2.75, 3.05) is 0 Å². The second kappa shape index (κ2) is 5.01. The third-order valence-corrected chi connectivity index (χ3v) is 2.84. The minimum atomic E-state index is 0.529. The van der Waals surface area contributed by atoms with Crippen LogP contribution >= 0.6 is 0 Å². The lowest BCUT2D eigenvalue weighted by Crippen LogP contribution is -2.03. The van der Waals surface area contributed by atoms with Gasteiger partial charge in [-0.3, -0.25) is 0 Å². The largest absolute Gasteiger partial charge is 0.465 e. The smallest absolute Gasteiger partial charge is 0.130 e. The summed E-state index contributed by atoms with van der Waals surface area (Å²) >= 11 is 0. The molecule has 1 aliphatic heterocycles. The Bertz CT molecular complexity index is 341. The molecule has 0 fully saturated rings. The number of hydrogen-bond acceptors (Lipinski definition) is 1. The van der Waals surface area contributed by atoms with Gasteiger partial charge in [0.25, 0.3) is 0 Å². The quantitative estimate of drug-likeness (QED) is 0.667. The minimum Gasteiger partial charge on any atom is -0.465 e. The Hall–Kier alpha value is -1.24. The van der Waals surface area contributed by atoms with Gasteiger partial charge in [0.05, 0.1) is 6.26 Å². The Morgan fingerprint density at radius 2 is 2.07 bits per heavy atom. The number of allylic oxidation sites excluding steroid dienone is 1. The zero-order valence-corrected chi connectivity index (χ0v) is 8.99. The zero-order valence-electron chi connectivity index (χ0n) is 8.99. The van der Waals surface area contributed by atoms with Crippen LogP contribution in [-0.2, 0) is 0 Å². The molecule has 79 valence electrons. The highest BCUT2D eigenvalue weighted by Crippen LogP contribution is 2.34. The van der Waals surface area contributed by atoms with E-state index in [1.165, 1.54) is 24.8 Å². The van der Waals surface area contributed by atoms with Gasteiger partial charge in [-0.15, -0.1) is 0 Å². The molecule has 1 heterocycles. The van der Waals surface area contributed by atoms with Crippen LogP contribution in [0, 0.1) is 6.92 Å². The van der Waals surface area contributed by atoms with Crippen LogP contribution in [0.25, 0.3) is 0 Å². The van der Waals surface area contributed by atoms with Gasteiger partial charge in [0.1, 0.15) is 5.75 Å². The normalized spacial score (nSPS) is 18.3. The molecule has 0 saturated carbocycles. The van der Waals surface area contributed by atoms with E-state index in [4.69, 9.17) is 4.74 Å². The summed E-state index contributed by atoms with van der Waals surface area (Å²) in [7, 11) is 0. The van der Waals surface area contributed by atoms with Gasteiger partial charge in [-0.2, -0.15) is 0 Å². The highest BCUT2D eigenvalue weighted by molar-refractivity contribution is 5.40. The van der Waals surface area contributed by atoms with Crippen LogP contribution in [0.1, 0.15) is 37.2 Å². The highest BCUT2D eigenvalue weighted by atomic mass is 16.5. The van der Waals surface area contributed by atoms with E-state index in [0.29, 0.717) is 5.92 Å². The first-order valence-electron chi connectivity index (χ1n) is 5.63. The summed E-state index contributed by atoms with van der Waals surface area (Å²) in [6, 6.07) is 8.29. The Kier molecular flexibility index (Phi) is 3.44. The van der Waals surface area contributed by atoms with E-state index >= 15 is 0 Å². The van der Waals surface area contributed by atoms with Crippen molar-refractivity contribution in [1.29, 1.82) is 0 Å². The molecule has 1 heteroatoms. The van der Waals surface area contributed by atoms with E-state index in [1.54, 1.807) is 0 Å². The van der Waals surface area contributed by atoms with Crippen molar-refractivity contribution >= 4 is 0 Å². The number of benzene rings is 1. The van der Waals surface area contributed by atoms with Gasteiger partial charge in [0.15, 0.2) is 0 Å². The summed E-state index contributed by atoms with van der Waals surface area (Å²) < 4.78 is 5.47. The first-order chi connectivity index (χ1) is 7.42. The Balaban J connectivity index is 2.05. The average molecular weight is 201 g/mol. The predicted molar refractivity (Wildman–Crippen MR) is 62.8 cm³/mol. The molecule has 0 aliphatic carbocycles. The minimum absolute atomic E-state index is 0.529. The molecule has 0 saturated heterocycles. The van der Waals surface area contributed by atoms with Gasteiger partial charge in [-0.05, 0) is 18.6 Å². The molecule has 1 atom stereocenters. The fraction of sp³-hybridized carbons (Fsp3) is 0.357. The molecule has 0 aromatic heterocycles. The Morgan fingerprint density at radius 1 is 1.20 bits per heavy atom. The number of unbranched alkanes of at least 4 members (excludes halogenated alkanes) is 2. The van der Waals surface area contributed by atoms with Gasteiger partial charge in [0, 0.05) is 11.5 Å². The topological polar surface area (TPSA) is 9.23 Å². The molecular formula is C14H17O. The Morgan fingerprint density at radius 3 is 2.93 bits per heavy atom. The average Bonchev–Trinajstić information content (AvgIpc) is 2.30. The van der Waals surface area contributed by atoms with E-state index < -0.39 is 0 Å². The number of ether oxygens (including phenoxy) is 1. The predicted octanol–water partition coefficient (Wildman–Crippen LogP) is 4.07. The monoisotopic (exact) mass is 201 g/mol. The summed E-state index contributed by atoms with van der Waals surface area (Å²) in [4.78, 5) is 0. The van der Waals surface area contributed by atoms with E-state index in [9.17, 15) is 0 Å². The summed E-state index contributed by atoms with van der Waals surface area (Å²) in [6.07, 6.45) is 8.67. The van der Waals surface area contributed by atoms with Crippen molar-refractivity contribution in [3.63, 3.8) is 0 Å². The molecule has 0 bridgehead atoms. The van der Waals surface area contributed by atoms with Crippen molar-refractivity contribution in [2.45, 2.75) is 31.6 Å². The molecule has 1 aliphatic rings. The van der Waals surface area contributed by atoms with Crippen LogP contribution in [-0.4, -0.2) is 0 Å². The van der Waals surface area contributed by atoms with Gasteiger partial charge < -0.3 is 4.74 Å². The molecule has 1 nitrogen and oxygen atoms in total. The van der Waals surface area contributed by atoms with Crippen molar-refractivity contribution in [2.24, 2.45) is 0 Å². The molecule has 1 unspecified atom stereocenters. The molecule has 0 spiro atoms. The standard InChI is InChI=1S/C14H17O/c1-2-3-4-7-12-10-11-15-14-9-6-5-8-13(12)14/h5-6,8-12H,1-4,7H2. The molecule has 1 radical (unpaired) electrons. The number of hydrogen-bond donors (Lipinski definition) is 0. The van der Waals surface area contributed by atoms with Crippen LogP contribution in [0.15, 0.2) is 36.6 Å². The molecule has 15 heavy (non-hydrogen) atoms. The maximum Gasteiger partial charge on any atom is 0.130 e. The lowest BCUT2D eigenvalue weighted by Gasteiger charge is -2.20. The molecular weight excluding hydrogens is 184 g/mol. The summed E-state index contributed by atoms with van der Waals surface area (Å²) in [5, 5.41) is 0. The molecule has 1 aromatic carbocycles. The van der Waals surface area contributed by atoms with E-state index in [0.717, 1.165) is 12.2 Å². The Labute approximate surface area is 91.8 Å². The first-order valence-corrected chi connectivity index (χ1v) is 5.63. The van der Waals surface area contributed by atoms with E-state index in [1.807, 2.05) is 18.4 Å². The third-order valence-electron chi connectivity index (χ3n) is 2.84. The van der Waals surface area contributed by atoms with Crippen molar-refractivity contribution in [3.05, 3.63) is 49.1 Å². The number of fused-ring (bicyclic) bond motifs is 1. The van der Waals surface area contributed by atoms with Gasteiger partial charge in [0.2, 0.25) is 0 Å². The fourth-order valence-electron chi connectivity index (χ4n) is 2.00. The summed E-state index contributed by atoms with van der Waals surface area (Å²) in [5.41, 5.74) is 1.32. The zero-order chi connectivity index (χ0) is 10.5. The lowest BCUT2D eigenvalue weighted by atomic mass is 9.91. The molecule has 0 amide bonds. The molecule has 0 N–H and O–H groups in total. The van der Waals surface area contributed by atoms with Gasteiger partial charge in [-0.1, -0.05) is 44.4 Å². The molecule has 1 aromatic rings. The van der Waals surface area contributed by atoms with Crippen molar-refractivity contribution in [1.82, 2.24) is 0 Å². The number of para-hydroxylation sites is 1. The van der Waals surface area contributed by atoms with Crippen LogP contribution in [0.5, 0.6) is 5.75 Å². The van der Waals surface area contributed by atoms with E-state index in [-0.39, 0.29) is 0 Å². The third kappa shape index (κ3) is 2.41. The number of rotatable bonds is 4. The maximum atomic E-state index is 5.47. The van der Waals surface area contributed by atoms with Crippen LogP contribution in [0.2, 0.25) is 0 Å². The van der Waals surface area contributed by atoms with Crippen molar-refractivity contribution < 1.29 is 4.74 Å². The van der Waals surface area contributed by atoms with Crippen molar-refractivity contribution in [3.8, 4) is 5.75 Å². The molecule has 2 rings (SSSR count). The highest BCUT2D eigenvalue weighted by Gasteiger charge is 2.15. The summed E-state index contributed by atoms with van der Waals surface area (Å²) in [6.45, 7) is 3.87. The van der Waals surface area contributed by atoms with Crippen LogP contribution in [0.4, 0.5) is 0 Å². The second-order valence-corrected chi connectivity index (χ2v) is 3.94.